The van der Waals surface area contributed by atoms with Crippen LogP contribution < -0.4 is 10.2 Å². The third kappa shape index (κ3) is 4.34. The Kier molecular flexibility index (Phi) is 6.15. The molecule has 98 valence electrons. The third-order valence-corrected chi connectivity index (χ3v) is 2.63. The van der Waals surface area contributed by atoms with Crippen LogP contribution in [0.4, 0.5) is 5.69 Å². The Bertz CT molecular complexity index is 375. The fourth-order valence-electron chi connectivity index (χ4n) is 1.75. The smallest absolute Gasteiger partial charge is 0.0603 e. The molecular formula is C15H23N3. The van der Waals surface area contributed by atoms with E-state index in [0.29, 0.717) is 6.04 Å². The molecule has 0 saturated carbocycles. The van der Waals surface area contributed by atoms with Crippen LogP contribution in [0.5, 0.6) is 0 Å². The topological polar surface area (TPSA) is 28.2 Å². The maximum atomic E-state index is 4.22. The summed E-state index contributed by atoms with van der Waals surface area (Å²) in [5.41, 5.74) is 2.40. The summed E-state index contributed by atoms with van der Waals surface area (Å²) in [4.78, 5) is 6.43. The van der Waals surface area contributed by atoms with Crippen molar-refractivity contribution in [2.45, 2.75) is 26.4 Å². The molecule has 1 heterocycles. The first-order chi connectivity index (χ1) is 8.69. The van der Waals surface area contributed by atoms with Crippen molar-refractivity contribution in [3.63, 3.8) is 0 Å². The van der Waals surface area contributed by atoms with Crippen LogP contribution in [0.2, 0.25) is 0 Å². The lowest BCUT2D eigenvalue weighted by Gasteiger charge is -2.24. The van der Waals surface area contributed by atoms with Crippen molar-refractivity contribution in [3.8, 4) is 0 Å². The molecule has 1 aromatic heterocycles. The van der Waals surface area contributed by atoms with Crippen molar-refractivity contribution >= 4 is 5.69 Å². The molecule has 0 saturated heterocycles. The predicted octanol–water partition coefficient (Wildman–Crippen LogP) is 2.76. The Balaban J connectivity index is 2.89. The number of hydrogen-bond donors (Lipinski definition) is 1. The molecule has 0 aliphatic heterocycles. The molecule has 1 aromatic rings. The van der Waals surface area contributed by atoms with E-state index >= 15 is 0 Å². The third-order valence-electron chi connectivity index (χ3n) is 2.63. The molecule has 0 bridgehead atoms. The van der Waals surface area contributed by atoms with Gasteiger partial charge in [-0.05, 0) is 11.6 Å². The number of aromatic nitrogens is 1. The largest absolute Gasteiger partial charge is 0.363 e. The molecule has 1 rings (SSSR count). The highest BCUT2D eigenvalue weighted by molar-refractivity contribution is 5.52. The molecular weight excluding hydrogens is 222 g/mol. The molecule has 0 unspecified atom stereocenters. The van der Waals surface area contributed by atoms with E-state index in [1.54, 1.807) is 0 Å². The first-order valence-corrected chi connectivity index (χ1v) is 6.32. The number of hydrogen-bond acceptors (Lipinski definition) is 3. The second-order valence-electron chi connectivity index (χ2n) is 4.52. The average Bonchev–Trinajstić information content (AvgIpc) is 2.36. The normalized spacial score (nSPS) is 10.4. The van der Waals surface area contributed by atoms with Crippen molar-refractivity contribution in [1.82, 2.24) is 10.3 Å². The lowest BCUT2D eigenvalue weighted by Crippen LogP contribution is -2.27. The van der Waals surface area contributed by atoms with Crippen LogP contribution in [0.1, 0.15) is 19.4 Å². The number of nitrogens with one attached hydrogen (secondary N) is 1. The summed E-state index contributed by atoms with van der Waals surface area (Å²) in [5, 5.41) is 3.44. The zero-order valence-corrected chi connectivity index (χ0v) is 11.4. The van der Waals surface area contributed by atoms with Crippen molar-refractivity contribution < 1.29 is 0 Å². The number of pyridine rings is 1. The van der Waals surface area contributed by atoms with E-state index in [1.807, 2.05) is 24.5 Å². The molecule has 18 heavy (non-hydrogen) atoms. The van der Waals surface area contributed by atoms with Crippen LogP contribution >= 0.6 is 0 Å². The van der Waals surface area contributed by atoms with Gasteiger partial charge in [0.2, 0.25) is 0 Å². The van der Waals surface area contributed by atoms with Gasteiger partial charge in [-0.25, -0.2) is 0 Å². The molecule has 0 fully saturated rings. The van der Waals surface area contributed by atoms with Gasteiger partial charge >= 0.3 is 0 Å². The van der Waals surface area contributed by atoms with Gasteiger partial charge in [-0.15, -0.1) is 13.2 Å². The van der Waals surface area contributed by atoms with E-state index in [9.17, 15) is 0 Å². The highest BCUT2D eigenvalue weighted by Crippen LogP contribution is 2.19. The summed E-state index contributed by atoms with van der Waals surface area (Å²) in [5.74, 6) is 0. The molecule has 0 aliphatic carbocycles. The monoisotopic (exact) mass is 245 g/mol. The highest BCUT2D eigenvalue weighted by Gasteiger charge is 2.09. The minimum absolute atomic E-state index is 0.471. The van der Waals surface area contributed by atoms with Crippen molar-refractivity contribution in [1.29, 1.82) is 0 Å². The van der Waals surface area contributed by atoms with E-state index in [-0.39, 0.29) is 0 Å². The quantitative estimate of drug-likeness (QED) is 0.714. The molecule has 0 atom stereocenters. The summed E-state index contributed by atoms with van der Waals surface area (Å²) in [6.07, 6.45) is 7.54. The molecule has 0 aliphatic rings. The van der Waals surface area contributed by atoms with Crippen molar-refractivity contribution in [3.05, 3.63) is 49.3 Å². The lowest BCUT2D eigenvalue weighted by atomic mass is 10.2. The molecule has 0 amide bonds. The van der Waals surface area contributed by atoms with E-state index in [0.717, 1.165) is 25.3 Å². The average molecular weight is 245 g/mol. The van der Waals surface area contributed by atoms with Crippen LogP contribution in [0, 0.1) is 0 Å². The van der Waals surface area contributed by atoms with E-state index in [1.165, 1.54) is 5.56 Å². The van der Waals surface area contributed by atoms with Gasteiger partial charge < -0.3 is 10.2 Å². The predicted molar refractivity (Wildman–Crippen MR) is 78.8 cm³/mol. The zero-order valence-electron chi connectivity index (χ0n) is 11.4. The molecule has 0 aromatic carbocycles. The second kappa shape index (κ2) is 7.67. The minimum atomic E-state index is 0.471. The SMILES string of the molecule is C=CCN(CC=C)c1cnccc1CNC(C)C. The second-order valence-corrected chi connectivity index (χ2v) is 4.52. The van der Waals surface area contributed by atoms with Gasteiger partial charge in [-0.2, -0.15) is 0 Å². The summed E-state index contributed by atoms with van der Waals surface area (Å²) in [6.45, 7) is 14.3. The van der Waals surface area contributed by atoms with Crippen LogP contribution in [-0.4, -0.2) is 24.1 Å². The number of nitrogens with zero attached hydrogens (tertiary/aromatic N) is 2. The van der Waals surface area contributed by atoms with E-state index < -0.39 is 0 Å². The Morgan fingerprint density at radius 1 is 1.33 bits per heavy atom. The Labute approximate surface area is 110 Å². The number of anilines is 1. The summed E-state index contributed by atoms with van der Waals surface area (Å²) in [6, 6.07) is 2.53. The molecule has 3 heteroatoms. The van der Waals surface area contributed by atoms with Crippen LogP contribution in [0.25, 0.3) is 0 Å². The van der Waals surface area contributed by atoms with Gasteiger partial charge in [0.25, 0.3) is 0 Å². The van der Waals surface area contributed by atoms with Gasteiger partial charge in [-0.3, -0.25) is 4.98 Å². The van der Waals surface area contributed by atoms with Gasteiger partial charge in [-0.1, -0.05) is 26.0 Å². The van der Waals surface area contributed by atoms with E-state index in [4.69, 9.17) is 0 Å². The Morgan fingerprint density at radius 2 is 2.00 bits per heavy atom. The molecule has 1 N–H and O–H groups in total. The minimum Gasteiger partial charge on any atom is -0.363 e. The van der Waals surface area contributed by atoms with Gasteiger partial charge in [0, 0.05) is 31.9 Å². The zero-order chi connectivity index (χ0) is 13.4. The number of rotatable bonds is 8. The maximum absolute atomic E-state index is 4.22. The molecule has 0 radical (unpaired) electrons. The van der Waals surface area contributed by atoms with Crippen molar-refractivity contribution in [2.24, 2.45) is 0 Å². The first-order valence-electron chi connectivity index (χ1n) is 6.32. The van der Waals surface area contributed by atoms with Crippen LogP contribution in [0.3, 0.4) is 0 Å². The van der Waals surface area contributed by atoms with Gasteiger partial charge in [0.15, 0.2) is 0 Å². The fraction of sp³-hybridized carbons (Fsp3) is 0.400. The van der Waals surface area contributed by atoms with Gasteiger partial charge in [0.05, 0.1) is 11.9 Å². The highest BCUT2D eigenvalue weighted by atomic mass is 15.1. The molecule has 3 nitrogen and oxygen atoms in total. The Hall–Kier alpha value is -1.61. The van der Waals surface area contributed by atoms with Gasteiger partial charge in [0.1, 0.15) is 0 Å². The van der Waals surface area contributed by atoms with Crippen LogP contribution in [-0.2, 0) is 6.54 Å². The lowest BCUT2D eigenvalue weighted by molar-refractivity contribution is 0.588. The Morgan fingerprint density at radius 3 is 2.56 bits per heavy atom. The van der Waals surface area contributed by atoms with Crippen LogP contribution in [0.15, 0.2) is 43.8 Å². The first kappa shape index (κ1) is 14.5. The van der Waals surface area contributed by atoms with E-state index in [2.05, 4.69) is 48.3 Å². The summed E-state index contributed by atoms with van der Waals surface area (Å²) >= 11 is 0. The molecule has 0 spiro atoms. The standard InChI is InChI=1S/C15H23N3/c1-5-9-18(10-6-2)15-12-16-8-7-14(15)11-17-13(3)4/h5-8,12-13,17H,1-2,9-11H2,3-4H3. The summed E-state index contributed by atoms with van der Waals surface area (Å²) < 4.78 is 0. The van der Waals surface area contributed by atoms with Crippen molar-refractivity contribution in [2.75, 3.05) is 18.0 Å². The summed E-state index contributed by atoms with van der Waals surface area (Å²) in [7, 11) is 0. The fourth-order valence-corrected chi connectivity index (χ4v) is 1.75. The maximum Gasteiger partial charge on any atom is 0.0603 e.